The fourth-order valence-corrected chi connectivity index (χ4v) is 1.63. The fraction of sp³-hybridized carbons (Fsp3) is 0.455. The molecule has 0 aromatic carbocycles. The summed E-state index contributed by atoms with van der Waals surface area (Å²) in [4.78, 5) is 6.38. The van der Waals surface area contributed by atoms with E-state index in [1.165, 1.54) is 5.56 Å². The van der Waals surface area contributed by atoms with Gasteiger partial charge in [0, 0.05) is 12.7 Å². The summed E-state index contributed by atoms with van der Waals surface area (Å²) in [6.07, 6.45) is 1.46. The zero-order valence-corrected chi connectivity index (χ0v) is 8.68. The van der Waals surface area contributed by atoms with Crippen LogP contribution >= 0.6 is 0 Å². The molecule has 0 radical (unpaired) electrons. The van der Waals surface area contributed by atoms with Gasteiger partial charge in [-0.25, -0.2) is 4.98 Å². The zero-order valence-electron chi connectivity index (χ0n) is 8.68. The molecule has 0 spiro atoms. The Morgan fingerprint density at radius 2 is 2.53 bits per heavy atom. The highest BCUT2D eigenvalue weighted by Gasteiger charge is 2.20. The maximum absolute atomic E-state index is 8.79. The Balaban J connectivity index is 2.14. The highest BCUT2D eigenvalue weighted by molar-refractivity contribution is 5.41. The first kappa shape index (κ1) is 9.94. The van der Waals surface area contributed by atoms with Gasteiger partial charge in [0.1, 0.15) is 5.82 Å². The van der Waals surface area contributed by atoms with E-state index < -0.39 is 0 Å². The predicted molar refractivity (Wildman–Crippen MR) is 56.5 cm³/mol. The van der Waals surface area contributed by atoms with Crippen molar-refractivity contribution < 1.29 is 4.74 Å². The molecule has 4 heteroatoms. The minimum Gasteiger partial charge on any atom is -0.360 e. The molecule has 2 rings (SSSR count). The molecular formula is C11H13N3O. The summed E-state index contributed by atoms with van der Waals surface area (Å²) in [7, 11) is 0. The molecule has 0 saturated carbocycles. The van der Waals surface area contributed by atoms with Crippen molar-refractivity contribution in [1.82, 2.24) is 4.98 Å². The molecule has 1 aliphatic heterocycles. The summed E-state index contributed by atoms with van der Waals surface area (Å²) >= 11 is 0. The molecule has 4 nitrogen and oxygen atoms in total. The normalized spacial score (nSPS) is 21.1. The van der Waals surface area contributed by atoms with Crippen molar-refractivity contribution in [1.29, 1.82) is 5.26 Å². The number of pyridine rings is 1. The first-order valence-corrected chi connectivity index (χ1v) is 4.98. The van der Waals surface area contributed by atoms with Crippen LogP contribution in [-0.2, 0) is 4.74 Å². The number of rotatable bonds is 1. The molecule has 1 aromatic heterocycles. The van der Waals surface area contributed by atoms with E-state index in [0.29, 0.717) is 13.2 Å². The van der Waals surface area contributed by atoms with Crippen molar-refractivity contribution >= 4 is 5.82 Å². The number of nitriles is 1. The highest BCUT2D eigenvalue weighted by Crippen LogP contribution is 2.15. The summed E-state index contributed by atoms with van der Waals surface area (Å²) in [5, 5.41) is 8.79. The standard InChI is InChI=1S/C11H13N3O/c1-9-2-3-13-11(6-9)14-4-5-15-10(7-12)8-14/h2-3,6,10H,4-5,8H2,1H3. The van der Waals surface area contributed by atoms with Crippen LogP contribution in [0.5, 0.6) is 0 Å². The number of hydrogen-bond donors (Lipinski definition) is 0. The molecule has 0 N–H and O–H groups in total. The van der Waals surface area contributed by atoms with Gasteiger partial charge in [-0.1, -0.05) is 0 Å². The molecular weight excluding hydrogens is 190 g/mol. The summed E-state index contributed by atoms with van der Waals surface area (Å²) < 4.78 is 5.28. The van der Waals surface area contributed by atoms with Gasteiger partial charge in [0.15, 0.2) is 6.10 Å². The average molecular weight is 203 g/mol. The minimum absolute atomic E-state index is 0.332. The number of hydrogen-bond acceptors (Lipinski definition) is 4. The summed E-state index contributed by atoms with van der Waals surface area (Å²) in [6.45, 7) is 4.03. The molecule has 0 aliphatic carbocycles. The van der Waals surface area contributed by atoms with Crippen LogP contribution in [0.4, 0.5) is 5.82 Å². The van der Waals surface area contributed by atoms with Crippen molar-refractivity contribution in [2.75, 3.05) is 24.6 Å². The van der Waals surface area contributed by atoms with E-state index in [2.05, 4.69) is 16.0 Å². The number of nitrogens with zero attached hydrogens (tertiary/aromatic N) is 3. The number of morpholine rings is 1. The first-order valence-electron chi connectivity index (χ1n) is 4.98. The molecule has 1 aromatic rings. The second-order valence-electron chi connectivity index (χ2n) is 3.63. The molecule has 2 heterocycles. The molecule has 15 heavy (non-hydrogen) atoms. The molecule has 1 aliphatic rings. The lowest BCUT2D eigenvalue weighted by atomic mass is 10.2. The van der Waals surface area contributed by atoms with Crippen molar-refractivity contribution in [2.45, 2.75) is 13.0 Å². The van der Waals surface area contributed by atoms with Gasteiger partial charge in [-0.2, -0.15) is 5.26 Å². The first-order chi connectivity index (χ1) is 7.29. The van der Waals surface area contributed by atoms with Gasteiger partial charge in [0.05, 0.1) is 19.2 Å². The smallest absolute Gasteiger partial charge is 0.161 e. The SMILES string of the molecule is Cc1ccnc(N2CCOC(C#N)C2)c1. The topological polar surface area (TPSA) is 49.2 Å². The fourth-order valence-electron chi connectivity index (χ4n) is 1.63. The lowest BCUT2D eigenvalue weighted by molar-refractivity contribution is 0.0761. The van der Waals surface area contributed by atoms with E-state index in [1.54, 1.807) is 6.20 Å². The van der Waals surface area contributed by atoms with Gasteiger partial charge in [-0.3, -0.25) is 0 Å². The van der Waals surface area contributed by atoms with E-state index >= 15 is 0 Å². The number of ether oxygens (including phenoxy) is 1. The summed E-state index contributed by atoms with van der Waals surface area (Å²) in [5.41, 5.74) is 1.18. The van der Waals surface area contributed by atoms with E-state index in [0.717, 1.165) is 12.4 Å². The minimum atomic E-state index is -0.332. The highest BCUT2D eigenvalue weighted by atomic mass is 16.5. The van der Waals surface area contributed by atoms with E-state index in [9.17, 15) is 0 Å². The van der Waals surface area contributed by atoms with Crippen LogP contribution in [0, 0.1) is 18.3 Å². The monoisotopic (exact) mass is 203 g/mol. The third-order valence-corrected chi connectivity index (χ3v) is 2.44. The molecule has 1 unspecified atom stereocenters. The van der Waals surface area contributed by atoms with Crippen LogP contribution in [0.15, 0.2) is 18.3 Å². The van der Waals surface area contributed by atoms with Gasteiger partial charge in [-0.15, -0.1) is 0 Å². The Morgan fingerprint density at radius 3 is 3.27 bits per heavy atom. The largest absolute Gasteiger partial charge is 0.360 e. The van der Waals surface area contributed by atoms with Crippen LogP contribution < -0.4 is 4.90 Å². The number of aromatic nitrogens is 1. The van der Waals surface area contributed by atoms with E-state index in [1.807, 2.05) is 19.1 Å². The van der Waals surface area contributed by atoms with Crippen LogP contribution in [0.3, 0.4) is 0 Å². The molecule has 0 bridgehead atoms. The van der Waals surface area contributed by atoms with Crippen LogP contribution in [0.2, 0.25) is 0 Å². The second-order valence-corrected chi connectivity index (χ2v) is 3.63. The third-order valence-electron chi connectivity index (χ3n) is 2.44. The molecule has 1 saturated heterocycles. The summed E-state index contributed by atoms with van der Waals surface area (Å²) in [6, 6.07) is 6.12. The second kappa shape index (κ2) is 4.28. The lowest BCUT2D eigenvalue weighted by Crippen LogP contribution is -2.42. The Bertz CT molecular complexity index is 386. The number of aryl methyl sites for hydroxylation is 1. The molecule has 1 fully saturated rings. The van der Waals surface area contributed by atoms with Crippen molar-refractivity contribution in [3.05, 3.63) is 23.9 Å². The summed E-state index contributed by atoms with van der Waals surface area (Å²) in [5.74, 6) is 0.929. The molecule has 0 amide bonds. The Kier molecular flexibility index (Phi) is 2.84. The van der Waals surface area contributed by atoms with Gasteiger partial charge >= 0.3 is 0 Å². The van der Waals surface area contributed by atoms with Gasteiger partial charge in [0.2, 0.25) is 0 Å². The predicted octanol–water partition coefficient (Wildman–Crippen LogP) is 1.12. The quantitative estimate of drug-likeness (QED) is 0.686. The zero-order chi connectivity index (χ0) is 10.7. The Morgan fingerprint density at radius 1 is 1.67 bits per heavy atom. The van der Waals surface area contributed by atoms with Crippen molar-refractivity contribution in [3.8, 4) is 6.07 Å². The Hall–Kier alpha value is -1.60. The van der Waals surface area contributed by atoms with Gasteiger partial charge in [0.25, 0.3) is 0 Å². The number of anilines is 1. The van der Waals surface area contributed by atoms with Crippen LogP contribution in [-0.4, -0.2) is 30.8 Å². The third kappa shape index (κ3) is 2.25. The van der Waals surface area contributed by atoms with Crippen molar-refractivity contribution in [2.24, 2.45) is 0 Å². The van der Waals surface area contributed by atoms with Crippen LogP contribution in [0.25, 0.3) is 0 Å². The van der Waals surface area contributed by atoms with E-state index in [4.69, 9.17) is 10.00 Å². The molecule has 78 valence electrons. The Labute approximate surface area is 89.1 Å². The lowest BCUT2D eigenvalue weighted by Gasteiger charge is -2.30. The maximum Gasteiger partial charge on any atom is 0.161 e. The van der Waals surface area contributed by atoms with Crippen molar-refractivity contribution in [3.63, 3.8) is 0 Å². The van der Waals surface area contributed by atoms with Crippen LogP contribution in [0.1, 0.15) is 5.56 Å². The van der Waals surface area contributed by atoms with E-state index in [-0.39, 0.29) is 6.10 Å². The van der Waals surface area contributed by atoms with Gasteiger partial charge in [-0.05, 0) is 24.6 Å². The maximum atomic E-state index is 8.79. The molecule has 1 atom stereocenters. The van der Waals surface area contributed by atoms with Gasteiger partial charge < -0.3 is 9.64 Å². The average Bonchev–Trinajstić information content (AvgIpc) is 2.29.